The summed E-state index contributed by atoms with van der Waals surface area (Å²) in [5.41, 5.74) is 4.98. The molecule has 0 saturated heterocycles. The summed E-state index contributed by atoms with van der Waals surface area (Å²) in [6.45, 7) is 3.38. The number of nitrogens with one attached hydrogen (secondary N) is 1. The molecule has 0 bridgehead atoms. The molecule has 8 heteroatoms. The SMILES string of the molecule is COc1ccc(S(=O)(=O)N(C)CC(=O)NN=Cc2ccc(C)cc2)cc1C. The summed E-state index contributed by atoms with van der Waals surface area (Å²) in [5.74, 6) is 0.0643. The number of hydrogen-bond acceptors (Lipinski definition) is 5. The maximum Gasteiger partial charge on any atom is 0.255 e. The van der Waals surface area contributed by atoms with Crippen molar-refractivity contribution in [2.24, 2.45) is 5.10 Å². The van der Waals surface area contributed by atoms with Crippen LogP contribution in [0, 0.1) is 13.8 Å². The third-order valence-corrected chi connectivity index (χ3v) is 5.72. The fraction of sp³-hybridized carbons (Fsp3) is 0.263. The van der Waals surface area contributed by atoms with Crippen molar-refractivity contribution < 1.29 is 17.9 Å². The molecule has 0 radical (unpaired) electrons. The van der Waals surface area contributed by atoms with Crippen molar-refractivity contribution in [1.29, 1.82) is 0 Å². The second-order valence-electron chi connectivity index (χ2n) is 6.10. The van der Waals surface area contributed by atoms with Gasteiger partial charge in [-0.2, -0.15) is 9.41 Å². The number of carbonyl (C=O) groups excluding carboxylic acids is 1. The summed E-state index contributed by atoms with van der Waals surface area (Å²) in [7, 11) is -0.935. The van der Waals surface area contributed by atoms with Gasteiger partial charge in [0, 0.05) is 7.05 Å². The fourth-order valence-corrected chi connectivity index (χ4v) is 3.56. The number of ether oxygens (including phenoxy) is 1. The average molecular weight is 389 g/mol. The maximum atomic E-state index is 12.6. The van der Waals surface area contributed by atoms with Gasteiger partial charge in [0.25, 0.3) is 5.91 Å². The molecule has 0 spiro atoms. The van der Waals surface area contributed by atoms with Gasteiger partial charge in [0.1, 0.15) is 5.75 Å². The molecule has 0 aliphatic heterocycles. The number of aryl methyl sites for hydroxylation is 2. The van der Waals surface area contributed by atoms with Gasteiger partial charge in [-0.3, -0.25) is 4.79 Å². The van der Waals surface area contributed by atoms with E-state index in [1.165, 1.54) is 32.5 Å². The summed E-state index contributed by atoms with van der Waals surface area (Å²) < 4.78 is 31.3. The third-order valence-electron chi connectivity index (χ3n) is 3.92. The monoisotopic (exact) mass is 389 g/mol. The molecule has 27 heavy (non-hydrogen) atoms. The second-order valence-corrected chi connectivity index (χ2v) is 8.14. The van der Waals surface area contributed by atoms with Gasteiger partial charge in [-0.25, -0.2) is 13.8 Å². The molecule has 0 fully saturated rings. The van der Waals surface area contributed by atoms with Crippen LogP contribution in [0.2, 0.25) is 0 Å². The summed E-state index contributed by atoms with van der Waals surface area (Å²) in [6, 6.07) is 12.1. The Kier molecular flexibility index (Phi) is 6.70. The van der Waals surface area contributed by atoms with Crippen molar-refractivity contribution in [1.82, 2.24) is 9.73 Å². The first-order chi connectivity index (χ1) is 12.7. The molecule has 2 rings (SSSR count). The maximum absolute atomic E-state index is 12.6. The smallest absolute Gasteiger partial charge is 0.255 e. The number of methoxy groups -OCH3 is 1. The second kappa shape index (κ2) is 8.79. The number of carbonyl (C=O) groups is 1. The summed E-state index contributed by atoms with van der Waals surface area (Å²) >= 11 is 0. The van der Waals surface area contributed by atoms with E-state index in [1.54, 1.807) is 13.0 Å². The number of benzene rings is 2. The van der Waals surface area contributed by atoms with Crippen LogP contribution in [0.4, 0.5) is 0 Å². The lowest BCUT2D eigenvalue weighted by Crippen LogP contribution is -2.36. The molecule has 7 nitrogen and oxygen atoms in total. The molecular formula is C19H23N3O4S. The minimum Gasteiger partial charge on any atom is -0.496 e. The predicted octanol–water partition coefficient (Wildman–Crippen LogP) is 2.08. The Morgan fingerprint density at radius 3 is 2.44 bits per heavy atom. The number of hydrogen-bond donors (Lipinski definition) is 1. The van der Waals surface area contributed by atoms with Crippen LogP contribution in [0.1, 0.15) is 16.7 Å². The number of nitrogens with zero attached hydrogens (tertiary/aromatic N) is 2. The minimum atomic E-state index is -3.80. The van der Waals surface area contributed by atoms with Crippen LogP contribution in [0.5, 0.6) is 5.75 Å². The molecule has 0 aliphatic rings. The number of likely N-dealkylation sites (N-methyl/N-ethyl adjacent to an activating group) is 1. The zero-order chi connectivity index (χ0) is 20.0. The molecule has 0 saturated carbocycles. The third kappa shape index (κ3) is 5.38. The largest absolute Gasteiger partial charge is 0.496 e. The lowest BCUT2D eigenvalue weighted by Gasteiger charge is -2.17. The fourth-order valence-electron chi connectivity index (χ4n) is 2.35. The van der Waals surface area contributed by atoms with E-state index in [1.807, 2.05) is 31.2 Å². The van der Waals surface area contributed by atoms with Crippen LogP contribution in [0.15, 0.2) is 52.5 Å². The van der Waals surface area contributed by atoms with E-state index in [2.05, 4.69) is 10.5 Å². The topological polar surface area (TPSA) is 88.1 Å². The zero-order valence-corrected chi connectivity index (χ0v) is 16.6. The first-order valence-corrected chi connectivity index (χ1v) is 9.67. The molecule has 0 aliphatic carbocycles. The van der Waals surface area contributed by atoms with Crippen molar-refractivity contribution in [2.45, 2.75) is 18.7 Å². The van der Waals surface area contributed by atoms with Crippen LogP contribution in [-0.4, -0.2) is 45.5 Å². The average Bonchev–Trinajstić information content (AvgIpc) is 2.63. The summed E-state index contributed by atoms with van der Waals surface area (Å²) in [6.07, 6.45) is 1.50. The van der Waals surface area contributed by atoms with Crippen LogP contribution in [0.3, 0.4) is 0 Å². The highest BCUT2D eigenvalue weighted by molar-refractivity contribution is 7.89. The Bertz CT molecular complexity index is 938. The van der Waals surface area contributed by atoms with E-state index in [0.29, 0.717) is 11.3 Å². The Morgan fingerprint density at radius 1 is 1.19 bits per heavy atom. The molecule has 0 aromatic heterocycles. The van der Waals surface area contributed by atoms with E-state index in [4.69, 9.17) is 4.74 Å². The van der Waals surface area contributed by atoms with E-state index in [-0.39, 0.29) is 11.4 Å². The molecule has 144 valence electrons. The number of rotatable bonds is 7. The van der Waals surface area contributed by atoms with Crippen molar-refractivity contribution in [3.63, 3.8) is 0 Å². The van der Waals surface area contributed by atoms with Gasteiger partial charge in [-0.1, -0.05) is 29.8 Å². The highest BCUT2D eigenvalue weighted by Gasteiger charge is 2.23. The normalized spacial score (nSPS) is 11.7. The Hall–Kier alpha value is -2.71. The van der Waals surface area contributed by atoms with Gasteiger partial charge in [0.15, 0.2) is 0 Å². The lowest BCUT2D eigenvalue weighted by atomic mass is 10.2. The molecule has 0 heterocycles. The highest BCUT2D eigenvalue weighted by Crippen LogP contribution is 2.23. The molecule has 1 N–H and O–H groups in total. The molecule has 2 aromatic rings. The van der Waals surface area contributed by atoms with Gasteiger partial charge < -0.3 is 4.74 Å². The van der Waals surface area contributed by atoms with E-state index < -0.39 is 15.9 Å². The molecule has 0 unspecified atom stereocenters. The van der Waals surface area contributed by atoms with Crippen molar-refractivity contribution >= 4 is 22.1 Å². The summed E-state index contributed by atoms with van der Waals surface area (Å²) in [4.78, 5) is 12.1. The predicted molar refractivity (Wildman–Crippen MR) is 104 cm³/mol. The quantitative estimate of drug-likeness (QED) is 0.580. The molecule has 2 aromatic carbocycles. The minimum absolute atomic E-state index is 0.0965. The van der Waals surface area contributed by atoms with Crippen molar-refractivity contribution in [3.05, 3.63) is 59.2 Å². The Labute approximate surface area is 159 Å². The van der Waals surface area contributed by atoms with Gasteiger partial charge >= 0.3 is 0 Å². The number of amides is 1. The number of sulfonamides is 1. The standard InChI is InChI=1S/C19H23N3O4S/c1-14-5-7-16(8-6-14)12-20-21-19(23)13-22(3)27(24,25)17-9-10-18(26-4)15(2)11-17/h5-12H,13H2,1-4H3,(H,21,23). The van der Waals surface area contributed by atoms with Crippen LogP contribution in [0.25, 0.3) is 0 Å². The van der Waals surface area contributed by atoms with Crippen molar-refractivity contribution in [3.8, 4) is 5.75 Å². The van der Waals surface area contributed by atoms with Gasteiger partial charge in [-0.05, 0) is 43.2 Å². The van der Waals surface area contributed by atoms with E-state index in [9.17, 15) is 13.2 Å². The lowest BCUT2D eigenvalue weighted by molar-refractivity contribution is -0.121. The highest BCUT2D eigenvalue weighted by atomic mass is 32.2. The first kappa shape index (κ1) is 20.6. The Balaban J connectivity index is 2.00. The van der Waals surface area contributed by atoms with E-state index in [0.717, 1.165) is 15.4 Å². The van der Waals surface area contributed by atoms with Crippen LogP contribution in [-0.2, 0) is 14.8 Å². The van der Waals surface area contributed by atoms with Gasteiger partial charge in [0.05, 0.1) is 24.8 Å². The first-order valence-electron chi connectivity index (χ1n) is 8.23. The van der Waals surface area contributed by atoms with E-state index >= 15 is 0 Å². The summed E-state index contributed by atoms with van der Waals surface area (Å²) in [5, 5.41) is 3.85. The zero-order valence-electron chi connectivity index (χ0n) is 15.8. The van der Waals surface area contributed by atoms with Crippen molar-refractivity contribution in [2.75, 3.05) is 20.7 Å². The Morgan fingerprint density at radius 2 is 1.85 bits per heavy atom. The van der Waals surface area contributed by atoms with Crippen LogP contribution >= 0.6 is 0 Å². The van der Waals surface area contributed by atoms with Gasteiger partial charge in [0.2, 0.25) is 10.0 Å². The molecule has 0 atom stereocenters. The van der Waals surface area contributed by atoms with Crippen LogP contribution < -0.4 is 10.2 Å². The number of hydrazone groups is 1. The molecule has 1 amide bonds. The van der Waals surface area contributed by atoms with Gasteiger partial charge in [-0.15, -0.1) is 0 Å². The molecular weight excluding hydrogens is 366 g/mol.